The molecule has 0 aromatic heterocycles. The molecular formula is C18H29NO2. The molecule has 0 radical (unpaired) electrons. The third-order valence-electron chi connectivity index (χ3n) is 4.86. The molecule has 3 nitrogen and oxygen atoms in total. The molecule has 1 fully saturated rings. The van der Waals surface area contributed by atoms with Crippen LogP contribution in [-0.4, -0.2) is 25.4 Å². The molecule has 0 aliphatic carbocycles. The second-order valence-electron chi connectivity index (χ2n) is 6.09. The zero-order chi connectivity index (χ0) is 15.3. The number of ether oxygens (including phenoxy) is 2. The maximum atomic E-state index is 6.06. The Bertz CT molecular complexity index is 443. The number of rotatable bonds is 6. The average Bonchev–Trinajstić information content (AvgIpc) is 2.55. The molecule has 118 valence electrons. The van der Waals surface area contributed by atoms with Crippen LogP contribution in [0.5, 0.6) is 5.75 Å². The first-order chi connectivity index (χ1) is 10.1. The van der Waals surface area contributed by atoms with Crippen molar-refractivity contribution in [2.24, 2.45) is 0 Å². The van der Waals surface area contributed by atoms with Gasteiger partial charge < -0.3 is 14.8 Å². The summed E-state index contributed by atoms with van der Waals surface area (Å²) in [6.07, 6.45) is 4.38. The van der Waals surface area contributed by atoms with Crippen LogP contribution in [0.15, 0.2) is 24.3 Å². The van der Waals surface area contributed by atoms with Gasteiger partial charge >= 0.3 is 0 Å². The molecule has 0 bridgehead atoms. The topological polar surface area (TPSA) is 30.5 Å². The van der Waals surface area contributed by atoms with E-state index in [2.05, 4.69) is 44.3 Å². The van der Waals surface area contributed by atoms with E-state index in [0.717, 1.165) is 38.0 Å². The number of methoxy groups -OCH3 is 1. The summed E-state index contributed by atoms with van der Waals surface area (Å²) in [5, 5.41) is 3.77. The fourth-order valence-electron chi connectivity index (χ4n) is 3.27. The lowest BCUT2D eigenvalue weighted by Gasteiger charge is -2.41. The summed E-state index contributed by atoms with van der Waals surface area (Å²) in [6.45, 7) is 7.56. The normalized spacial score (nSPS) is 22.8. The van der Waals surface area contributed by atoms with Crippen molar-refractivity contribution in [3.05, 3.63) is 29.8 Å². The summed E-state index contributed by atoms with van der Waals surface area (Å²) < 4.78 is 11.4. The molecule has 2 unspecified atom stereocenters. The molecule has 21 heavy (non-hydrogen) atoms. The largest absolute Gasteiger partial charge is 0.497 e. The first-order valence-electron chi connectivity index (χ1n) is 8.16. The van der Waals surface area contributed by atoms with Gasteiger partial charge in [-0.25, -0.2) is 0 Å². The monoisotopic (exact) mass is 291 g/mol. The molecule has 1 heterocycles. The molecule has 0 saturated carbocycles. The first kappa shape index (κ1) is 16.3. The van der Waals surface area contributed by atoms with Gasteiger partial charge in [-0.15, -0.1) is 0 Å². The Morgan fingerprint density at radius 3 is 2.81 bits per heavy atom. The number of benzene rings is 1. The fourth-order valence-corrected chi connectivity index (χ4v) is 3.27. The van der Waals surface area contributed by atoms with E-state index in [4.69, 9.17) is 9.47 Å². The van der Waals surface area contributed by atoms with Gasteiger partial charge in [0, 0.05) is 18.7 Å². The molecule has 1 aromatic carbocycles. The van der Waals surface area contributed by atoms with Gasteiger partial charge in [0.2, 0.25) is 0 Å². The van der Waals surface area contributed by atoms with Crippen LogP contribution in [0.3, 0.4) is 0 Å². The Kier molecular flexibility index (Phi) is 5.65. The highest BCUT2D eigenvalue weighted by atomic mass is 16.5. The molecular weight excluding hydrogens is 262 g/mol. The van der Waals surface area contributed by atoms with Gasteiger partial charge in [-0.05, 0) is 50.3 Å². The molecule has 2 atom stereocenters. The Morgan fingerprint density at radius 1 is 1.38 bits per heavy atom. The van der Waals surface area contributed by atoms with Crippen molar-refractivity contribution < 1.29 is 9.47 Å². The predicted molar refractivity (Wildman–Crippen MR) is 86.8 cm³/mol. The van der Waals surface area contributed by atoms with Gasteiger partial charge in [0.25, 0.3) is 0 Å². The minimum atomic E-state index is 0.0734. The Balaban J connectivity index is 2.00. The van der Waals surface area contributed by atoms with Gasteiger partial charge in [-0.2, -0.15) is 0 Å². The summed E-state index contributed by atoms with van der Waals surface area (Å²) in [5.41, 5.74) is 1.35. The second-order valence-corrected chi connectivity index (χ2v) is 6.09. The Labute approximate surface area is 129 Å². The zero-order valence-electron chi connectivity index (χ0n) is 13.8. The Morgan fingerprint density at radius 2 is 2.14 bits per heavy atom. The highest BCUT2D eigenvalue weighted by molar-refractivity contribution is 5.30. The molecule has 1 aromatic rings. The van der Waals surface area contributed by atoms with Crippen molar-refractivity contribution in [2.75, 3.05) is 13.7 Å². The van der Waals surface area contributed by atoms with Crippen LogP contribution in [-0.2, 0) is 4.74 Å². The SMILES string of the molecule is CCC1(CC)CC(NC(C)c2cccc(OC)c2)CCO1. The van der Waals surface area contributed by atoms with Crippen LogP contribution in [0.25, 0.3) is 0 Å². The minimum Gasteiger partial charge on any atom is -0.497 e. The third kappa shape index (κ3) is 3.98. The van der Waals surface area contributed by atoms with Gasteiger partial charge in [0.15, 0.2) is 0 Å². The van der Waals surface area contributed by atoms with Crippen LogP contribution in [0.2, 0.25) is 0 Å². The summed E-state index contributed by atoms with van der Waals surface area (Å²) in [6, 6.07) is 9.17. The summed E-state index contributed by atoms with van der Waals surface area (Å²) in [7, 11) is 1.71. The maximum Gasteiger partial charge on any atom is 0.119 e. The van der Waals surface area contributed by atoms with E-state index in [9.17, 15) is 0 Å². The molecule has 1 aliphatic heterocycles. The fraction of sp³-hybridized carbons (Fsp3) is 0.667. The number of hydrogen-bond acceptors (Lipinski definition) is 3. The van der Waals surface area contributed by atoms with E-state index < -0.39 is 0 Å². The van der Waals surface area contributed by atoms with Crippen molar-refractivity contribution in [3.63, 3.8) is 0 Å². The Hall–Kier alpha value is -1.06. The molecule has 1 saturated heterocycles. The van der Waals surface area contributed by atoms with E-state index in [0.29, 0.717) is 12.1 Å². The quantitative estimate of drug-likeness (QED) is 0.856. The van der Waals surface area contributed by atoms with Gasteiger partial charge in [-0.1, -0.05) is 26.0 Å². The van der Waals surface area contributed by atoms with E-state index in [1.54, 1.807) is 7.11 Å². The standard InChI is InChI=1S/C18H29NO2/c1-5-18(6-2)13-16(10-11-21-18)19-14(3)15-8-7-9-17(12-15)20-4/h7-9,12,14,16,19H,5-6,10-11,13H2,1-4H3. The molecule has 1 aliphatic rings. The lowest BCUT2D eigenvalue weighted by molar-refractivity contribution is -0.0939. The first-order valence-corrected chi connectivity index (χ1v) is 8.16. The van der Waals surface area contributed by atoms with Crippen LogP contribution in [0.4, 0.5) is 0 Å². The van der Waals surface area contributed by atoms with E-state index >= 15 is 0 Å². The molecule has 0 spiro atoms. The van der Waals surface area contributed by atoms with Crippen molar-refractivity contribution in [1.82, 2.24) is 5.32 Å². The predicted octanol–water partition coefficient (Wildman–Crippen LogP) is 4.08. The van der Waals surface area contributed by atoms with Crippen LogP contribution in [0.1, 0.15) is 58.1 Å². The van der Waals surface area contributed by atoms with Crippen molar-refractivity contribution >= 4 is 0 Å². The second kappa shape index (κ2) is 7.28. The summed E-state index contributed by atoms with van der Waals surface area (Å²) in [5.74, 6) is 0.921. The summed E-state index contributed by atoms with van der Waals surface area (Å²) >= 11 is 0. The third-order valence-corrected chi connectivity index (χ3v) is 4.86. The average molecular weight is 291 g/mol. The minimum absolute atomic E-state index is 0.0734. The maximum absolute atomic E-state index is 6.06. The number of hydrogen-bond donors (Lipinski definition) is 1. The highest BCUT2D eigenvalue weighted by Crippen LogP contribution is 2.32. The van der Waals surface area contributed by atoms with Gasteiger partial charge in [-0.3, -0.25) is 0 Å². The van der Waals surface area contributed by atoms with Crippen LogP contribution >= 0.6 is 0 Å². The lowest BCUT2D eigenvalue weighted by atomic mass is 9.85. The van der Waals surface area contributed by atoms with Crippen LogP contribution in [0, 0.1) is 0 Å². The van der Waals surface area contributed by atoms with Crippen LogP contribution < -0.4 is 10.1 Å². The van der Waals surface area contributed by atoms with E-state index in [1.807, 2.05) is 6.07 Å². The van der Waals surface area contributed by atoms with E-state index in [1.165, 1.54) is 5.56 Å². The van der Waals surface area contributed by atoms with Crippen molar-refractivity contribution in [1.29, 1.82) is 0 Å². The smallest absolute Gasteiger partial charge is 0.119 e. The van der Waals surface area contributed by atoms with Crippen molar-refractivity contribution in [2.45, 2.75) is 64.1 Å². The highest BCUT2D eigenvalue weighted by Gasteiger charge is 2.34. The summed E-state index contributed by atoms with van der Waals surface area (Å²) in [4.78, 5) is 0. The van der Waals surface area contributed by atoms with Gasteiger partial charge in [0.05, 0.1) is 12.7 Å². The molecule has 0 amide bonds. The molecule has 3 heteroatoms. The lowest BCUT2D eigenvalue weighted by Crippen LogP contribution is -2.47. The van der Waals surface area contributed by atoms with E-state index in [-0.39, 0.29) is 5.60 Å². The molecule has 1 N–H and O–H groups in total. The molecule has 2 rings (SSSR count). The number of nitrogens with one attached hydrogen (secondary N) is 1. The van der Waals surface area contributed by atoms with Gasteiger partial charge in [0.1, 0.15) is 5.75 Å². The zero-order valence-corrected chi connectivity index (χ0v) is 13.8. The van der Waals surface area contributed by atoms with Crippen molar-refractivity contribution in [3.8, 4) is 5.75 Å².